The summed E-state index contributed by atoms with van der Waals surface area (Å²) >= 11 is 0. The number of ether oxygens (including phenoxy) is 2. The highest BCUT2D eigenvalue weighted by Gasteiger charge is 2.06. The minimum atomic E-state index is 0.385. The van der Waals surface area contributed by atoms with Gasteiger partial charge in [0.1, 0.15) is 5.75 Å². The lowest BCUT2D eigenvalue weighted by molar-refractivity contribution is 0.172. The van der Waals surface area contributed by atoms with Crippen LogP contribution in [0.15, 0.2) is 18.2 Å². The highest BCUT2D eigenvalue weighted by atomic mass is 16.5. The fraction of sp³-hybridized carbons (Fsp3) is 0.600. The Kier molecular flexibility index (Phi) is 6.76. The predicted octanol–water partition coefficient (Wildman–Crippen LogP) is 3.08. The first-order chi connectivity index (χ1) is 8.69. The molecule has 0 bridgehead atoms. The molecule has 0 heterocycles. The molecule has 0 radical (unpaired) electrons. The minimum Gasteiger partial charge on any atom is -0.493 e. The molecule has 1 atom stereocenters. The van der Waals surface area contributed by atoms with Gasteiger partial charge in [-0.25, -0.2) is 0 Å². The van der Waals surface area contributed by atoms with Crippen LogP contribution >= 0.6 is 0 Å². The summed E-state index contributed by atoms with van der Waals surface area (Å²) in [5.41, 5.74) is 2.49. The Bertz CT molecular complexity index is 352. The van der Waals surface area contributed by atoms with Crippen LogP contribution in [0.5, 0.6) is 5.75 Å². The summed E-state index contributed by atoms with van der Waals surface area (Å²) in [7, 11) is 1.71. The van der Waals surface area contributed by atoms with Gasteiger partial charge in [0.15, 0.2) is 0 Å². The maximum atomic E-state index is 5.73. The maximum absolute atomic E-state index is 5.73. The average molecular weight is 251 g/mol. The fourth-order valence-corrected chi connectivity index (χ4v) is 1.91. The summed E-state index contributed by atoms with van der Waals surface area (Å²) in [6.45, 7) is 8.82. The van der Waals surface area contributed by atoms with Gasteiger partial charge in [-0.15, -0.1) is 0 Å². The van der Waals surface area contributed by atoms with Gasteiger partial charge in [0, 0.05) is 26.2 Å². The van der Waals surface area contributed by atoms with Crippen LogP contribution < -0.4 is 10.1 Å². The Balaban J connectivity index is 2.56. The third kappa shape index (κ3) is 4.67. The van der Waals surface area contributed by atoms with Gasteiger partial charge >= 0.3 is 0 Å². The van der Waals surface area contributed by atoms with E-state index in [0.717, 1.165) is 25.3 Å². The van der Waals surface area contributed by atoms with E-state index in [1.807, 2.05) is 0 Å². The van der Waals surface area contributed by atoms with Gasteiger partial charge < -0.3 is 14.8 Å². The van der Waals surface area contributed by atoms with Crippen molar-refractivity contribution in [1.82, 2.24) is 5.32 Å². The molecular formula is C15H25NO2. The molecule has 0 aromatic heterocycles. The van der Waals surface area contributed by atoms with Crippen molar-refractivity contribution in [1.29, 1.82) is 0 Å². The lowest BCUT2D eigenvalue weighted by atomic mass is 10.1. The number of benzene rings is 1. The third-order valence-electron chi connectivity index (χ3n) is 2.96. The molecule has 1 aromatic rings. The van der Waals surface area contributed by atoms with Gasteiger partial charge in [0.25, 0.3) is 0 Å². The molecule has 1 N–H and O–H groups in total. The number of methoxy groups -OCH3 is 1. The van der Waals surface area contributed by atoms with Crippen molar-refractivity contribution < 1.29 is 9.47 Å². The van der Waals surface area contributed by atoms with Crippen LogP contribution in [0.25, 0.3) is 0 Å². The van der Waals surface area contributed by atoms with E-state index in [-0.39, 0.29) is 0 Å². The first-order valence-corrected chi connectivity index (χ1v) is 6.64. The van der Waals surface area contributed by atoms with Crippen molar-refractivity contribution in [3.63, 3.8) is 0 Å². The van der Waals surface area contributed by atoms with Gasteiger partial charge in [-0.2, -0.15) is 0 Å². The molecule has 0 amide bonds. The monoisotopic (exact) mass is 251 g/mol. The molecule has 0 spiro atoms. The summed E-state index contributed by atoms with van der Waals surface area (Å²) in [6.07, 6.45) is 0.922. The van der Waals surface area contributed by atoms with Gasteiger partial charge in [-0.05, 0) is 37.6 Å². The van der Waals surface area contributed by atoms with Crippen LogP contribution in [0.1, 0.15) is 37.4 Å². The smallest absolute Gasteiger partial charge is 0.122 e. The second-order valence-corrected chi connectivity index (χ2v) is 4.50. The zero-order valence-electron chi connectivity index (χ0n) is 12.0. The number of rotatable bonds is 8. The Morgan fingerprint density at radius 2 is 2.06 bits per heavy atom. The molecule has 1 aromatic carbocycles. The molecule has 1 rings (SSSR count). The summed E-state index contributed by atoms with van der Waals surface area (Å²) in [5, 5.41) is 3.41. The second kappa shape index (κ2) is 8.11. The van der Waals surface area contributed by atoms with Crippen molar-refractivity contribution in [2.45, 2.75) is 33.2 Å². The van der Waals surface area contributed by atoms with Gasteiger partial charge in [0.2, 0.25) is 0 Å². The maximum Gasteiger partial charge on any atom is 0.122 e. The average Bonchev–Trinajstić information content (AvgIpc) is 2.36. The molecule has 0 aliphatic carbocycles. The van der Waals surface area contributed by atoms with E-state index in [4.69, 9.17) is 9.47 Å². The molecule has 3 nitrogen and oxygen atoms in total. The largest absolute Gasteiger partial charge is 0.493 e. The summed E-state index contributed by atoms with van der Waals surface area (Å²) in [5.74, 6) is 0.971. The Morgan fingerprint density at radius 3 is 2.67 bits per heavy atom. The molecule has 18 heavy (non-hydrogen) atoms. The van der Waals surface area contributed by atoms with Crippen LogP contribution in [-0.4, -0.2) is 26.9 Å². The second-order valence-electron chi connectivity index (χ2n) is 4.50. The zero-order chi connectivity index (χ0) is 13.4. The number of aryl methyl sites for hydroxylation is 1. The van der Waals surface area contributed by atoms with Crippen molar-refractivity contribution in [3.8, 4) is 5.75 Å². The number of hydrogen-bond donors (Lipinski definition) is 1. The van der Waals surface area contributed by atoms with E-state index < -0.39 is 0 Å². The molecular weight excluding hydrogens is 226 g/mol. The van der Waals surface area contributed by atoms with Crippen LogP contribution in [0.4, 0.5) is 0 Å². The predicted molar refractivity (Wildman–Crippen MR) is 75.3 cm³/mol. The van der Waals surface area contributed by atoms with E-state index in [0.29, 0.717) is 12.6 Å². The van der Waals surface area contributed by atoms with E-state index in [2.05, 4.69) is 44.3 Å². The van der Waals surface area contributed by atoms with Crippen LogP contribution in [-0.2, 0) is 4.74 Å². The molecule has 3 heteroatoms. The highest BCUT2D eigenvalue weighted by Crippen LogP contribution is 2.22. The van der Waals surface area contributed by atoms with Crippen molar-refractivity contribution >= 4 is 0 Å². The molecule has 0 aliphatic rings. The van der Waals surface area contributed by atoms with Gasteiger partial charge in [-0.3, -0.25) is 0 Å². The van der Waals surface area contributed by atoms with E-state index in [9.17, 15) is 0 Å². The normalized spacial score (nSPS) is 12.4. The van der Waals surface area contributed by atoms with Crippen LogP contribution in [0, 0.1) is 6.92 Å². The Morgan fingerprint density at radius 1 is 1.28 bits per heavy atom. The summed E-state index contributed by atoms with van der Waals surface area (Å²) < 4.78 is 10.7. The quantitative estimate of drug-likeness (QED) is 0.720. The van der Waals surface area contributed by atoms with E-state index in [1.165, 1.54) is 11.1 Å². The Hall–Kier alpha value is -1.06. The lowest BCUT2D eigenvalue weighted by Gasteiger charge is -2.15. The summed E-state index contributed by atoms with van der Waals surface area (Å²) in [6, 6.07) is 6.77. The van der Waals surface area contributed by atoms with E-state index >= 15 is 0 Å². The molecule has 0 saturated heterocycles. The third-order valence-corrected chi connectivity index (χ3v) is 2.96. The first-order valence-electron chi connectivity index (χ1n) is 6.64. The highest BCUT2D eigenvalue weighted by molar-refractivity contribution is 5.37. The fourth-order valence-electron chi connectivity index (χ4n) is 1.91. The van der Waals surface area contributed by atoms with E-state index in [1.54, 1.807) is 7.11 Å². The molecule has 0 aliphatic heterocycles. The molecule has 0 fully saturated rings. The topological polar surface area (TPSA) is 30.5 Å². The summed E-state index contributed by atoms with van der Waals surface area (Å²) in [4.78, 5) is 0. The standard InChI is InChI=1S/C15H25NO2/c1-5-16-13(3)14-7-8-15(12(2)11-14)18-10-6-9-17-4/h7-8,11,13,16H,5-6,9-10H2,1-4H3. The zero-order valence-corrected chi connectivity index (χ0v) is 12.0. The van der Waals surface area contributed by atoms with Crippen molar-refractivity contribution in [2.24, 2.45) is 0 Å². The van der Waals surface area contributed by atoms with Crippen LogP contribution in [0.3, 0.4) is 0 Å². The van der Waals surface area contributed by atoms with Crippen LogP contribution in [0.2, 0.25) is 0 Å². The van der Waals surface area contributed by atoms with Gasteiger partial charge in [-0.1, -0.05) is 19.1 Å². The number of nitrogens with one attached hydrogen (secondary N) is 1. The molecule has 102 valence electrons. The first kappa shape index (κ1) is 15.0. The Labute approximate surface area is 110 Å². The van der Waals surface area contributed by atoms with Crippen molar-refractivity contribution in [3.05, 3.63) is 29.3 Å². The minimum absolute atomic E-state index is 0.385. The number of hydrogen-bond acceptors (Lipinski definition) is 3. The lowest BCUT2D eigenvalue weighted by Crippen LogP contribution is -2.17. The van der Waals surface area contributed by atoms with Gasteiger partial charge in [0.05, 0.1) is 6.61 Å². The molecule has 0 saturated carbocycles. The SMILES string of the molecule is CCNC(C)c1ccc(OCCCOC)c(C)c1. The molecule has 1 unspecified atom stereocenters. The van der Waals surface area contributed by atoms with Crippen molar-refractivity contribution in [2.75, 3.05) is 26.9 Å².